The molecule has 0 bridgehead atoms. The second-order valence-corrected chi connectivity index (χ2v) is 6.90. The molecule has 2 aliphatic carbocycles. The van der Waals surface area contributed by atoms with Gasteiger partial charge in [-0.2, -0.15) is 10.4 Å². The fourth-order valence-corrected chi connectivity index (χ4v) is 3.71. The molecule has 2 saturated carbocycles. The van der Waals surface area contributed by atoms with Crippen molar-refractivity contribution in [2.75, 3.05) is 0 Å². The molecule has 0 saturated heterocycles. The van der Waals surface area contributed by atoms with Gasteiger partial charge in [-0.3, -0.25) is 10.00 Å². The average molecular weight is 286 g/mol. The van der Waals surface area contributed by atoms with Crippen LogP contribution >= 0.6 is 0 Å². The molecule has 1 aromatic rings. The first kappa shape index (κ1) is 14.6. The van der Waals surface area contributed by atoms with E-state index in [0.717, 1.165) is 25.1 Å². The van der Waals surface area contributed by atoms with E-state index in [0.29, 0.717) is 12.0 Å². The number of nitrogens with one attached hydrogen (secondary N) is 1. The van der Waals surface area contributed by atoms with Crippen LogP contribution in [0.15, 0.2) is 0 Å². The Bertz CT molecular complexity index is 564. The lowest BCUT2D eigenvalue weighted by Gasteiger charge is -2.30. The Morgan fingerprint density at radius 3 is 2.67 bits per heavy atom. The number of aromatic nitrogens is 2. The van der Waals surface area contributed by atoms with Crippen molar-refractivity contribution in [1.29, 1.82) is 5.26 Å². The van der Waals surface area contributed by atoms with E-state index in [1.807, 2.05) is 0 Å². The minimum atomic E-state index is -0.272. The molecule has 1 heterocycles. The summed E-state index contributed by atoms with van der Waals surface area (Å²) in [5.74, 6) is 0.465. The zero-order valence-electron chi connectivity index (χ0n) is 13.4. The highest BCUT2D eigenvalue weighted by Crippen LogP contribution is 2.40. The zero-order valence-corrected chi connectivity index (χ0v) is 13.4. The van der Waals surface area contributed by atoms with Gasteiger partial charge in [0.2, 0.25) is 0 Å². The Morgan fingerprint density at radius 2 is 2.10 bits per heavy atom. The Labute approximate surface area is 127 Å². The monoisotopic (exact) mass is 286 g/mol. The predicted molar refractivity (Wildman–Crippen MR) is 82.9 cm³/mol. The molecule has 1 N–H and O–H groups in total. The van der Waals surface area contributed by atoms with Crippen molar-refractivity contribution in [3.8, 4) is 6.07 Å². The summed E-state index contributed by atoms with van der Waals surface area (Å²) >= 11 is 0. The fraction of sp³-hybridized carbons (Fsp3) is 0.765. The number of rotatable bonds is 5. The summed E-state index contributed by atoms with van der Waals surface area (Å²) in [6.07, 6.45) is 6.90. The van der Waals surface area contributed by atoms with Crippen molar-refractivity contribution in [3.05, 3.63) is 17.0 Å². The lowest BCUT2D eigenvalue weighted by atomic mass is 9.85. The fourth-order valence-electron chi connectivity index (χ4n) is 3.71. The molecule has 0 spiro atoms. The number of nitrogens with zero attached hydrogens (tertiary/aromatic N) is 3. The molecule has 1 aromatic heterocycles. The van der Waals surface area contributed by atoms with E-state index in [9.17, 15) is 5.26 Å². The number of hydrogen-bond donors (Lipinski definition) is 1. The van der Waals surface area contributed by atoms with E-state index in [1.165, 1.54) is 36.9 Å². The molecule has 21 heavy (non-hydrogen) atoms. The molecule has 3 rings (SSSR count). The van der Waals surface area contributed by atoms with E-state index in [1.54, 1.807) is 0 Å². The third kappa shape index (κ3) is 2.72. The smallest absolute Gasteiger partial charge is 0.109 e. The maximum Gasteiger partial charge on any atom is 0.109 e. The SMILES string of the molecule is Cc1nn(CCC2CCCC2(C#N)NC2CC2)c(C)c1C. The topological polar surface area (TPSA) is 53.6 Å². The molecule has 2 aliphatic rings. The molecule has 4 heteroatoms. The molecule has 2 unspecified atom stereocenters. The number of nitriles is 1. The highest BCUT2D eigenvalue weighted by molar-refractivity contribution is 5.22. The van der Waals surface area contributed by atoms with Gasteiger partial charge in [-0.15, -0.1) is 0 Å². The molecule has 4 nitrogen and oxygen atoms in total. The molecule has 0 amide bonds. The van der Waals surface area contributed by atoms with Crippen molar-refractivity contribution in [2.24, 2.45) is 5.92 Å². The summed E-state index contributed by atoms with van der Waals surface area (Å²) in [5.41, 5.74) is 3.42. The highest BCUT2D eigenvalue weighted by atomic mass is 15.3. The Hall–Kier alpha value is -1.34. The first-order valence-electron chi connectivity index (χ1n) is 8.25. The van der Waals surface area contributed by atoms with Crippen LogP contribution in [0.1, 0.15) is 55.5 Å². The normalized spacial score (nSPS) is 28.8. The van der Waals surface area contributed by atoms with Crippen LogP contribution in [0.25, 0.3) is 0 Å². The number of aryl methyl sites for hydroxylation is 2. The summed E-state index contributed by atoms with van der Waals surface area (Å²) in [6, 6.07) is 3.22. The highest BCUT2D eigenvalue weighted by Gasteiger charge is 2.45. The van der Waals surface area contributed by atoms with Crippen molar-refractivity contribution < 1.29 is 0 Å². The first-order chi connectivity index (χ1) is 10.1. The molecule has 0 radical (unpaired) electrons. The van der Waals surface area contributed by atoms with Crippen LogP contribution in [0.3, 0.4) is 0 Å². The molecule has 0 aliphatic heterocycles. The molecule has 2 atom stereocenters. The predicted octanol–water partition coefficient (Wildman–Crippen LogP) is 3.01. The van der Waals surface area contributed by atoms with Gasteiger partial charge in [0.1, 0.15) is 5.54 Å². The minimum absolute atomic E-state index is 0.272. The summed E-state index contributed by atoms with van der Waals surface area (Å²) in [4.78, 5) is 0. The van der Waals surface area contributed by atoms with Gasteiger partial charge in [0, 0.05) is 18.3 Å². The number of hydrogen-bond acceptors (Lipinski definition) is 3. The second-order valence-electron chi connectivity index (χ2n) is 6.90. The maximum atomic E-state index is 9.73. The third-order valence-corrected chi connectivity index (χ3v) is 5.49. The maximum absolute atomic E-state index is 9.73. The van der Waals surface area contributed by atoms with Crippen LogP contribution in [0, 0.1) is 38.0 Å². The molecular weight excluding hydrogens is 260 g/mol. The van der Waals surface area contributed by atoms with Crippen LogP contribution < -0.4 is 5.32 Å². The van der Waals surface area contributed by atoms with Crippen LogP contribution in [-0.4, -0.2) is 21.4 Å². The van der Waals surface area contributed by atoms with Gasteiger partial charge in [-0.1, -0.05) is 6.42 Å². The molecule has 114 valence electrons. The Kier molecular flexibility index (Phi) is 3.79. The lowest BCUT2D eigenvalue weighted by molar-refractivity contribution is 0.283. The Morgan fingerprint density at radius 1 is 1.33 bits per heavy atom. The van der Waals surface area contributed by atoms with Crippen LogP contribution in [0.4, 0.5) is 0 Å². The van der Waals surface area contributed by atoms with E-state index < -0.39 is 0 Å². The van der Waals surface area contributed by atoms with Crippen LogP contribution in [0.5, 0.6) is 0 Å². The average Bonchev–Trinajstić information content (AvgIpc) is 3.15. The van der Waals surface area contributed by atoms with Crippen LogP contribution in [-0.2, 0) is 6.54 Å². The van der Waals surface area contributed by atoms with Gasteiger partial charge in [0.25, 0.3) is 0 Å². The Balaban J connectivity index is 1.68. The van der Waals surface area contributed by atoms with E-state index in [2.05, 4.69) is 41.9 Å². The standard InChI is InChI=1S/C17H26N4/c1-12-13(2)20-21(14(12)3)10-8-15-5-4-9-17(15,11-18)19-16-6-7-16/h15-16,19H,4-10H2,1-3H3. The zero-order chi connectivity index (χ0) is 15.0. The van der Waals surface area contributed by atoms with Gasteiger partial charge in [-0.05, 0) is 64.4 Å². The summed E-state index contributed by atoms with van der Waals surface area (Å²) in [5, 5.41) is 18.0. The summed E-state index contributed by atoms with van der Waals surface area (Å²) in [7, 11) is 0. The van der Waals surface area contributed by atoms with E-state index in [-0.39, 0.29) is 5.54 Å². The van der Waals surface area contributed by atoms with Crippen LogP contribution in [0.2, 0.25) is 0 Å². The molecule has 2 fully saturated rings. The second kappa shape index (κ2) is 5.46. The molecule has 0 aromatic carbocycles. The quantitative estimate of drug-likeness (QED) is 0.905. The lowest BCUT2D eigenvalue weighted by Crippen LogP contribution is -2.48. The third-order valence-electron chi connectivity index (χ3n) is 5.49. The van der Waals surface area contributed by atoms with E-state index >= 15 is 0 Å². The van der Waals surface area contributed by atoms with Gasteiger partial charge >= 0.3 is 0 Å². The van der Waals surface area contributed by atoms with Crippen molar-refractivity contribution in [2.45, 2.75) is 77.4 Å². The van der Waals surface area contributed by atoms with Gasteiger partial charge < -0.3 is 0 Å². The largest absolute Gasteiger partial charge is 0.296 e. The minimum Gasteiger partial charge on any atom is -0.296 e. The van der Waals surface area contributed by atoms with Crippen molar-refractivity contribution in [1.82, 2.24) is 15.1 Å². The summed E-state index contributed by atoms with van der Waals surface area (Å²) in [6.45, 7) is 7.28. The van der Waals surface area contributed by atoms with Gasteiger partial charge in [0.15, 0.2) is 0 Å². The van der Waals surface area contributed by atoms with Gasteiger partial charge in [-0.25, -0.2) is 0 Å². The van der Waals surface area contributed by atoms with Gasteiger partial charge in [0.05, 0.1) is 11.8 Å². The first-order valence-corrected chi connectivity index (χ1v) is 8.25. The van der Waals surface area contributed by atoms with Crippen molar-refractivity contribution in [3.63, 3.8) is 0 Å². The van der Waals surface area contributed by atoms with Crippen molar-refractivity contribution >= 4 is 0 Å². The molecular formula is C17H26N4. The summed E-state index contributed by atoms with van der Waals surface area (Å²) < 4.78 is 2.13. The van der Waals surface area contributed by atoms with E-state index in [4.69, 9.17) is 0 Å².